The molecule has 22 heavy (non-hydrogen) atoms. The minimum atomic E-state index is -0.910. The van der Waals surface area contributed by atoms with Gasteiger partial charge in [-0.3, -0.25) is 9.59 Å². The molecule has 5 nitrogen and oxygen atoms in total. The first-order valence-electron chi connectivity index (χ1n) is 6.90. The van der Waals surface area contributed by atoms with Crippen molar-refractivity contribution in [3.63, 3.8) is 0 Å². The van der Waals surface area contributed by atoms with Crippen molar-refractivity contribution in [2.24, 2.45) is 5.92 Å². The molecule has 0 spiro atoms. The summed E-state index contributed by atoms with van der Waals surface area (Å²) in [5, 5.41) is 9.73. The fourth-order valence-electron chi connectivity index (χ4n) is 2.98. The minimum absolute atomic E-state index is 0.158. The lowest BCUT2D eigenvalue weighted by Crippen LogP contribution is -2.37. The van der Waals surface area contributed by atoms with Crippen molar-refractivity contribution in [1.29, 1.82) is 0 Å². The largest absolute Gasteiger partial charge is 0.481 e. The first-order valence-corrected chi connectivity index (χ1v) is 7.28. The van der Waals surface area contributed by atoms with E-state index in [0.717, 1.165) is 0 Å². The molecule has 1 aromatic heterocycles. The molecule has 1 saturated heterocycles. The lowest BCUT2D eigenvalue weighted by atomic mass is 10.0. The van der Waals surface area contributed by atoms with Gasteiger partial charge in [0, 0.05) is 23.5 Å². The predicted octanol–water partition coefficient (Wildman–Crippen LogP) is 2.90. The number of fused-ring (bicyclic) bond motifs is 1. The number of hydrogen-bond donors (Lipinski definition) is 2. The Hall–Kier alpha value is -2.08. The maximum Gasteiger partial charge on any atom is 0.308 e. The van der Waals surface area contributed by atoms with E-state index in [4.69, 9.17) is 16.7 Å². The predicted molar refractivity (Wildman–Crippen MR) is 79.5 cm³/mol. The van der Waals surface area contributed by atoms with Gasteiger partial charge in [0.05, 0.1) is 10.9 Å². The molecule has 0 saturated carbocycles. The number of amides is 1. The van der Waals surface area contributed by atoms with Crippen LogP contribution in [0.3, 0.4) is 0 Å². The number of likely N-dealkylation sites (tertiary alicyclic amines) is 1. The van der Waals surface area contributed by atoms with Gasteiger partial charge in [-0.15, -0.1) is 0 Å². The smallest absolute Gasteiger partial charge is 0.308 e. The summed E-state index contributed by atoms with van der Waals surface area (Å²) >= 11 is 6.19. The molecule has 0 aliphatic carbocycles. The molecule has 2 heterocycles. The molecule has 7 heteroatoms. The van der Waals surface area contributed by atoms with Gasteiger partial charge in [-0.2, -0.15) is 0 Å². The third-order valence-corrected chi connectivity index (χ3v) is 4.64. The van der Waals surface area contributed by atoms with E-state index in [0.29, 0.717) is 23.9 Å². The first kappa shape index (κ1) is 14.8. The average molecular weight is 325 g/mol. The first-order chi connectivity index (χ1) is 10.4. The molecule has 0 radical (unpaired) electrons. The van der Waals surface area contributed by atoms with Crippen LogP contribution in [0.15, 0.2) is 18.2 Å². The van der Waals surface area contributed by atoms with E-state index in [2.05, 4.69) is 4.98 Å². The molecule has 1 fully saturated rings. The summed E-state index contributed by atoms with van der Waals surface area (Å²) in [4.78, 5) is 28.2. The summed E-state index contributed by atoms with van der Waals surface area (Å²) in [6, 6.07) is 3.64. The van der Waals surface area contributed by atoms with Crippen LogP contribution in [0, 0.1) is 11.7 Å². The van der Waals surface area contributed by atoms with E-state index < -0.39 is 23.7 Å². The topological polar surface area (TPSA) is 73.4 Å². The highest BCUT2D eigenvalue weighted by Crippen LogP contribution is 2.32. The molecule has 3 rings (SSSR count). The standard InChI is InChI=1S/C15H14ClFN2O3/c1-7-9(15(21)22)4-5-19(7)14(20)13-12(16)10-6-8(17)2-3-11(10)18-13/h2-3,6-7,9,18H,4-5H2,1H3,(H,21,22). The van der Waals surface area contributed by atoms with Gasteiger partial charge in [0.2, 0.25) is 0 Å². The number of nitrogens with zero attached hydrogens (tertiary/aromatic N) is 1. The van der Waals surface area contributed by atoms with Gasteiger partial charge in [-0.1, -0.05) is 11.6 Å². The lowest BCUT2D eigenvalue weighted by Gasteiger charge is -2.22. The monoisotopic (exact) mass is 324 g/mol. The number of aromatic nitrogens is 1. The van der Waals surface area contributed by atoms with E-state index in [9.17, 15) is 14.0 Å². The van der Waals surface area contributed by atoms with Gasteiger partial charge >= 0.3 is 5.97 Å². The molecule has 2 unspecified atom stereocenters. The van der Waals surface area contributed by atoms with Crippen molar-refractivity contribution in [2.45, 2.75) is 19.4 Å². The van der Waals surface area contributed by atoms with Crippen LogP contribution in [0.4, 0.5) is 4.39 Å². The molecule has 1 aromatic carbocycles. The molecule has 2 N–H and O–H groups in total. The molecule has 116 valence electrons. The van der Waals surface area contributed by atoms with Crippen LogP contribution in [0.1, 0.15) is 23.8 Å². The van der Waals surface area contributed by atoms with Crippen molar-refractivity contribution < 1.29 is 19.1 Å². The van der Waals surface area contributed by atoms with Gasteiger partial charge in [-0.25, -0.2) is 4.39 Å². The summed E-state index contributed by atoms with van der Waals surface area (Å²) in [6.07, 6.45) is 0.411. The summed E-state index contributed by atoms with van der Waals surface area (Å²) in [6.45, 7) is 2.07. The number of carbonyl (C=O) groups is 2. The van der Waals surface area contributed by atoms with Crippen LogP contribution >= 0.6 is 11.6 Å². The van der Waals surface area contributed by atoms with E-state index in [1.165, 1.54) is 23.1 Å². The second-order valence-electron chi connectivity index (χ2n) is 5.48. The highest BCUT2D eigenvalue weighted by Gasteiger charge is 2.39. The second-order valence-corrected chi connectivity index (χ2v) is 5.85. The molecule has 0 bridgehead atoms. The Morgan fingerprint density at radius 2 is 2.18 bits per heavy atom. The fraction of sp³-hybridized carbons (Fsp3) is 0.333. The maximum atomic E-state index is 13.3. The SMILES string of the molecule is CC1C(C(=O)O)CCN1C(=O)c1[nH]c2ccc(F)cc2c1Cl. The van der Waals surface area contributed by atoms with Crippen LogP contribution < -0.4 is 0 Å². The molecular weight excluding hydrogens is 311 g/mol. The van der Waals surface area contributed by atoms with Crippen molar-refractivity contribution in [3.8, 4) is 0 Å². The molecule has 1 aliphatic rings. The van der Waals surface area contributed by atoms with Crippen molar-refractivity contribution in [2.75, 3.05) is 6.54 Å². The Labute approximate surface area is 130 Å². The normalized spacial score (nSPS) is 21.5. The number of rotatable bonds is 2. The van der Waals surface area contributed by atoms with E-state index in [1.54, 1.807) is 6.92 Å². The van der Waals surface area contributed by atoms with Gasteiger partial charge < -0.3 is 15.0 Å². The Balaban J connectivity index is 1.96. The molecule has 2 atom stereocenters. The summed E-state index contributed by atoms with van der Waals surface area (Å²) < 4.78 is 13.3. The zero-order valence-corrected chi connectivity index (χ0v) is 12.5. The molecule has 2 aromatic rings. The second kappa shape index (κ2) is 5.28. The van der Waals surface area contributed by atoms with E-state index in [1.807, 2.05) is 0 Å². The quantitative estimate of drug-likeness (QED) is 0.892. The number of H-pyrrole nitrogens is 1. The van der Waals surface area contributed by atoms with Gasteiger partial charge in [0.1, 0.15) is 11.5 Å². The van der Waals surface area contributed by atoms with Gasteiger partial charge in [0.25, 0.3) is 5.91 Å². The number of nitrogens with one attached hydrogen (secondary N) is 1. The van der Waals surface area contributed by atoms with Crippen molar-refractivity contribution in [1.82, 2.24) is 9.88 Å². The minimum Gasteiger partial charge on any atom is -0.481 e. The number of carbonyl (C=O) groups excluding carboxylic acids is 1. The fourth-order valence-corrected chi connectivity index (χ4v) is 3.26. The molecule has 1 amide bonds. The third kappa shape index (κ3) is 2.23. The van der Waals surface area contributed by atoms with Crippen LogP contribution in [0.5, 0.6) is 0 Å². The number of carboxylic acid groups (broad SMARTS) is 1. The molecular formula is C15H14ClFN2O3. The van der Waals surface area contributed by atoms with Crippen LogP contribution in [0.25, 0.3) is 10.9 Å². The highest BCUT2D eigenvalue weighted by molar-refractivity contribution is 6.38. The van der Waals surface area contributed by atoms with Crippen LogP contribution in [0.2, 0.25) is 5.02 Å². The van der Waals surface area contributed by atoms with Crippen molar-refractivity contribution in [3.05, 3.63) is 34.7 Å². The zero-order chi connectivity index (χ0) is 16.0. The van der Waals surface area contributed by atoms with E-state index in [-0.39, 0.29) is 16.6 Å². The number of carboxylic acids is 1. The lowest BCUT2D eigenvalue weighted by molar-refractivity contribution is -0.142. The number of halogens is 2. The highest BCUT2D eigenvalue weighted by atomic mass is 35.5. The zero-order valence-electron chi connectivity index (χ0n) is 11.8. The van der Waals surface area contributed by atoms with Gasteiger partial charge in [0.15, 0.2) is 0 Å². The summed E-state index contributed by atoms with van der Waals surface area (Å²) in [5.41, 5.74) is 0.733. The average Bonchev–Trinajstić information content (AvgIpc) is 3.00. The Morgan fingerprint density at radius 3 is 2.82 bits per heavy atom. The Bertz CT molecular complexity index is 773. The number of benzene rings is 1. The Kier molecular flexibility index (Phi) is 3.56. The van der Waals surface area contributed by atoms with E-state index >= 15 is 0 Å². The Morgan fingerprint density at radius 1 is 1.45 bits per heavy atom. The summed E-state index contributed by atoms with van der Waals surface area (Å²) in [5.74, 6) is -2.29. The molecule has 1 aliphatic heterocycles. The summed E-state index contributed by atoms with van der Waals surface area (Å²) in [7, 11) is 0. The number of aromatic amines is 1. The number of hydrogen-bond acceptors (Lipinski definition) is 2. The third-order valence-electron chi connectivity index (χ3n) is 4.24. The van der Waals surface area contributed by atoms with Crippen LogP contribution in [-0.2, 0) is 4.79 Å². The number of aliphatic carboxylic acids is 1. The van der Waals surface area contributed by atoms with Crippen LogP contribution in [-0.4, -0.2) is 39.5 Å². The maximum absolute atomic E-state index is 13.3. The van der Waals surface area contributed by atoms with Gasteiger partial charge in [-0.05, 0) is 31.5 Å². The van der Waals surface area contributed by atoms with Crippen molar-refractivity contribution >= 4 is 34.4 Å².